The first kappa shape index (κ1) is 21.9. The van der Waals surface area contributed by atoms with Crippen molar-refractivity contribution in [1.29, 1.82) is 0 Å². The van der Waals surface area contributed by atoms with Gasteiger partial charge < -0.3 is 9.15 Å². The zero-order valence-corrected chi connectivity index (χ0v) is 18.5. The number of hydrogen-bond acceptors (Lipinski definition) is 6. The molecule has 4 rings (SSSR count). The Hall–Kier alpha value is -2.33. The smallest absolute Gasteiger partial charge is 0.419 e. The van der Waals surface area contributed by atoms with Crippen LogP contribution in [0.15, 0.2) is 50.5 Å². The van der Waals surface area contributed by atoms with E-state index in [-0.39, 0.29) is 39.2 Å². The minimum absolute atomic E-state index is 0.0128. The molecule has 0 spiro atoms. The Labute approximate surface area is 188 Å². The van der Waals surface area contributed by atoms with E-state index >= 15 is 0 Å². The normalized spacial score (nSPS) is 14.9. The third-order valence-corrected chi connectivity index (χ3v) is 7.72. The van der Waals surface area contributed by atoms with Crippen LogP contribution in [0.5, 0.6) is 5.75 Å². The molecule has 0 saturated carbocycles. The fraction of sp³-hybridized carbons (Fsp3) is 0.300. The molecule has 164 valence electrons. The number of hydrogen-bond donors (Lipinski definition) is 0. The SMILES string of the molecule is O=C(CCn1c(=O)oc2cc(S(=O)(=O)N3CCCC3)ccc21)Oc1cccc(Cl)c1Cl. The van der Waals surface area contributed by atoms with E-state index in [1.165, 1.54) is 33.1 Å². The summed E-state index contributed by atoms with van der Waals surface area (Å²) in [5.74, 6) is -1.18. The summed E-state index contributed by atoms with van der Waals surface area (Å²) in [5, 5.41) is 0.374. The Morgan fingerprint density at radius 1 is 1.13 bits per heavy atom. The maximum atomic E-state index is 12.7. The molecule has 3 aromatic rings. The number of sulfonamides is 1. The lowest BCUT2D eigenvalue weighted by Crippen LogP contribution is -2.27. The largest absolute Gasteiger partial charge is 0.425 e. The van der Waals surface area contributed by atoms with E-state index in [0.717, 1.165) is 12.8 Å². The quantitative estimate of drug-likeness (QED) is 0.390. The predicted octanol–water partition coefficient (Wildman–Crippen LogP) is 3.68. The van der Waals surface area contributed by atoms with Crippen LogP contribution in [0.25, 0.3) is 11.1 Å². The van der Waals surface area contributed by atoms with Crippen LogP contribution < -0.4 is 10.5 Å². The molecule has 0 unspecified atom stereocenters. The summed E-state index contributed by atoms with van der Waals surface area (Å²) >= 11 is 11.9. The minimum atomic E-state index is -3.64. The first-order valence-corrected chi connectivity index (χ1v) is 11.8. The molecule has 1 aliphatic rings. The van der Waals surface area contributed by atoms with E-state index in [1.807, 2.05) is 0 Å². The summed E-state index contributed by atoms with van der Waals surface area (Å²) in [5.41, 5.74) is 0.524. The van der Waals surface area contributed by atoms with Gasteiger partial charge in [-0.05, 0) is 37.1 Å². The molecule has 2 aromatic carbocycles. The Kier molecular flexibility index (Phi) is 6.11. The maximum absolute atomic E-state index is 12.7. The number of carbonyl (C=O) groups excluding carboxylic acids is 1. The summed E-state index contributed by atoms with van der Waals surface area (Å²) in [6.45, 7) is 0.940. The third kappa shape index (κ3) is 4.36. The fourth-order valence-electron chi connectivity index (χ4n) is 3.44. The molecule has 31 heavy (non-hydrogen) atoms. The minimum Gasteiger partial charge on any atom is -0.425 e. The van der Waals surface area contributed by atoms with Crippen molar-refractivity contribution in [2.45, 2.75) is 30.7 Å². The maximum Gasteiger partial charge on any atom is 0.419 e. The van der Waals surface area contributed by atoms with Gasteiger partial charge in [-0.3, -0.25) is 9.36 Å². The van der Waals surface area contributed by atoms with Gasteiger partial charge in [0, 0.05) is 25.7 Å². The van der Waals surface area contributed by atoms with Crippen molar-refractivity contribution in [2.24, 2.45) is 0 Å². The highest BCUT2D eigenvalue weighted by Crippen LogP contribution is 2.31. The summed E-state index contributed by atoms with van der Waals surface area (Å²) < 4.78 is 38.6. The Morgan fingerprint density at radius 3 is 2.61 bits per heavy atom. The van der Waals surface area contributed by atoms with Crippen LogP contribution >= 0.6 is 23.2 Å². The molecule has 1 fully saturated rings. The Bertz CT molecular complexity index is 1310. The highest BCUT2D eigenvalue weighted by molar-refractivity contribution is 7.89. The standard InChI is InChI=1S/C20H18Cl2N2O6S/c21-14-4-3-5-16(19(14)22)29-18(25)8-11-24-15-7-6-13(12-17(15)30-20(24)26)31(27,28)23-9-1-2-10-23/h3-7,12H,1-2,8-11H2. The van der Waals surface area contributed by atoms with Gasteiger partial charge in [-0.15, -0.1) is 0 Å². The molecule has 1 aromatic heterocycles. The molecule has 11 heteroatoms. The average Bonchev–Trinajstić information content (AvgIpc) is 3.37. The van der Waals surface area contributed by atoms with Crippen LogP contribution in [0, 0.1) is 0 Å². The number of rotatable bonds is 6. The van der Waals surface area contributed by atoms with Crippen molar-refractivity contribution >= 4 is 50.3 Å². The van der Waals surface area contributed by atoms with Crippen LogP contribution in [0.2, 0.25) is 10.0 Å². The van der Waals surface area contributed by atoms with Crippen molar-refractivity contribution in [3.05, 3.63) is 57.0 Å². The molecular formula is C20H18Cl2N2O6S. The van der Waals surface area contributed by atoms with Crippen molar-refractivity contribution in [2.75, 3.05) is 13.1 Å². The van der Waals surface area contributed by atoms with Gasteiger partial charge in [-0.2, -0.15) is 4.31 Å². The van der Waals surface area contributed by atoms with Gasteiger partial charge in [0.05, 0.1) is 21.9 Å². The number of carbonyl (C=O) groups is 1. The molecule has 1 aliphatic heterocycles. The second kappa shape index (κ2) is 8.66. The number of fused-ring (bicyclic) bond motifs is 1. The van der Waals surface area contributed by atoms with Crippen LogP contribution in [0.3, 0.4) is 0 Å². The molecule has 0 bridgehead atoms. The highest BCUT2D eigenvalue weighted by atomic mass is 35.5. The first-order chi connectivity index (χ1) is 14.8. The van der Waals surface area contributed by atoms with E-state index < -0.39 is 21.7 Å². The molecule has 8 nitrogen and oxygen atoms in total. The van der Waals surface area contributed by atoms with Crippen molar-refractivity contribution in [3.63, 3.8) is 0 Å². The van der Waals surface area contributed by atoms with Gasteiger partial charge in [0.25, 0.3) is 0 Å². The number of aromatic nitrogens is 1. The van der Waals surface area contributed by atoms with Gasteiger partial charge in [-0.1, -0.05) is 29.3 Å². The summed E-state index contributed by atoms with van der Waals surface area (Å²) in [7, 11) is -3.64. The van der Waals surface area contributed by atoms with Crippen molar-refractivity contribution in [3.8, 4) is 5.75 Å². The fourth-order valence-corrected chi connectivity index (χ4v) is 5.30. The third-order valence-electron chi connectivity index (χ3n) is 5.02. The zero-order chi connectivity index (χ0) is 22.2. The summed E-state index contributed by atoms with van der Waals surface area (Å²) in [4.78, 5) is 24.5. The second-order valence-electron chi connectivity index (χ2n) is 7.04. The van der Waals surface area contributed by atoms with Crippen molar-refractivity contribution in [1.82, 2.24) is 8.87 Å². The topological polar surface area (TPSA) is 98.8 Å². The monoisotopic (exact) mass is 484 g/mol. The molecule has 0 atom stereocenters. The number of benzene rings is 2. The van der Waals surface area contributed by atoms with Gasteiger partial charge in [-0.25, -0.2) is 13.2 Å². The van der Waals surface area contributed by atoms with Gasteiger partial charge in [0.15, 0.2) is 11.3 Å². The number of oxazole rings is 1. The molecular weight excluding hydrogens is 467 g/mol. The van der Waals surface area contributed by atoms with Gasteiger partial charge in [0.1, 0.15) is 5.02 Å². The number of aryl methyl sites for hydroxylation is 1. The predicted molar refractivity (Wildman–Crippen MR) is 115 cm³/mol. The van der Waals surface area contributed by atoms with E-state index in [1.54, 1.807) is 12.1 Å². The molecule has 1 saturated heterocycles. The van der Waals surface area contributed by atoms with Crippen LogP contribution in [-0.2, 0) is 21.4 Å². The van der Waals surface area contributed by atoms with E-state index in [0.29, 0.717) is 18.6 Å². The summed E-state index contributed by atoms with van der Waals surface area (Å²) in [6, 6.07) is 8.95. The average molecular weight is 485 g/mol. The number of nitrogens with zero attached hydrogens (tertiary/aromatic N) is 2. The molecule has 0 N–H and O–H groups in total. The van der Waals surface area contributed by atoms with E-state index in [2.05, 4.69) is 0 Å². The van der Waals surface area contributed by atoms with Gasteiger partial charge in [0.2, 0.25) is 10.0 Å². The van der Waals surface area contributed by atoms with Crippen LogP contribution in [0.4, 0.5) is 0 Å². The van der Waals surface area contributed by atoms with Crippen LogP contribution in [-0.4, -0.2) is 36.3 Å². The lowest BCUT2D eigenvalue weighted by atomic mass is 10.3. The Morgan fingerprint density at radius 2 is 1.87 bits per heavy atom. The van der Waals surface area contributed by atoms with Crippen LogP contribution in [0.1, 0.15) is 19.3 Å². The van der Waals surface area contributed by atoms with Crippen molar-refractivity contribution < 1.29 is 22.4 Å². The molecule has 0 amide bonds. The lowest BCUT2D eigenvalue weighted by molar-refractivity contribution is -0.134. The number of ether oxygens (including phenoxy) is 1. The summed E-state index contributed by atoms with van der Waals surface area (Å²) in [6.07, 6.45) is 1.51. The molecule has 0 radical (unpaired) electrons. The van der Waals surface area contributed by atoms with E-state index in [9.17, 15) is 18.0 Å². The Balaban J connectivity index is 1.52. The zero-order valence-electron chi connectivity index (χ0n) is 16.2. The van der Waals surface area contributed by atoms with E-state index in [4.69, 9.17) is 32.4 Å². The van der Waals surface area contributed by atoms with Gasteiger partial charge >= 0.3 is 11.7 Å². The first-order valence-electron chi connectivity index (χ1n) is 9.55. The second-order valence-corrected chi connectivity index (χ2v) is 9.76. The molecule has 0 aliphatic carbocycles. The number of halogens is 2. The highest BCUT2D eigenvalue weighted by Gasteiger charge is 2.28. The molecule has 2 heterocycles. The number of esters is 1. The lowest BCUT2D eigenvalue weighted by Gasteiger charge is -2.15.